The summed E-state index contributed by atoms with van der Waals surface area (Å²) < 4.78 is 6.47. The Hall–Kier alpha value is -0.740. The summed E-state index contributed by atoms with van der Waals surface area (Å²) in [5.41, 5.74) is 0. The molecule has 0 amide bonds. The average molecular weight is 264 g/mol. The highest BCUT2D eigenvalue weighted by Crippen LogP contribution is 2.46. The predicted octanol–water partition coefficient (Wildman–Crippen LogP) is 2.43. The van der Waals surface area contributed by atoms with Crippen molar-refractivity contribution in [1.29, 1.82) is 0 Å². The Morgan fingerprint density at radius 1 is 1.50 bits per heavy atom. The zero-order valence-corrected chi connectivity index (χ0v) is 11.8. The zero-order valence-electron chi connectivity index (χ0n) is 11.0. The van der Waals surface area contributed by atoms with Gasteiger partial charge in [0.05, 0.1) is 6.20 Å². The van der Waals surface area contributed by atoms with Crippen molar-refractivity contribution in [2.45, 2.75) is 37.2 Å². The normalized spacial score (nSPS) is 26.5. The Morgan fingerprint density at radius 3 is 3.00 bits per heavy atom. The molecule has 0 unspecified atom stereocenters. The maximum atomic E-state index is 6.00. The van der Waals surface area contributed by atoms with Crippen molar-refractivity contribution < 1.29 is 4.74 Å². The standard InChI is InChI=1S/C14H20N2OS/c1-11(2)16-9-14(10-16)6-13(8-18-14)17-12-4-3-5-15-7-12/h3-5,7,11,13H,6,8-10H2,1-2H3/t13-/m0/s1. The van der Waals surface area contributed by atoms with E-state index in [1.165, 1.54) is 19.5 Å². The number of nitrogens with zero attached hydrogens (tertiary/aromatic N) is 2. The lowest BCUT2D eigenvalue weighted by Crippen LogP contribution is -2.61. The summed E-state index contributed by atoms with van der Waals surface area (Å²) in [6.07, 6.45) is 5.12. The number of likely N-dealkylation sites (tertiary alicyclic amines) is 1. The lowest BCUT2D eigenvalue weighted by molar-refractivity contribution is 0.0714. The number of ether oxygens (including phenoxy) is 1. The summed E-state index contributed by atoms with van der Waals surface area (Å²) in [4.78, 5) is 6.63. The first-order chi connectivity index (χ1) is 8.67. The molecule has 0 aliphatic carbocycles. The van der Waals surface area contributed by atoms with Crippen LogP contribution in [0.25, 0.3) is 0 Å². The van der Waals surface area contributed by atoms with E-state index in [0.29, 0.717) is 16.9 Å². The van der Waals surface area contributed by atoms with Gasteiger partial charge in [0.25, 0.3) is 0 Å². The first-order valence-corrected chi connectivity index (χ1v) is 7.60. The van der Waals surface area contributed by atoms with Crippen molar-refractivity contribution in [2.75, 3.05) is 18.8 Å². The molecule has 0 N–H and O–H groups in total. The van der Waals surface area contributed by atoms with Gasteiger partial charge in [-0.05, 0) is 26.0 Å². The van der Waals surface area contributed by atoms with Gasteiger partial charge < -0.3 is 4.74 Å². The van der Waals surface area contributed by atoms with Gasteiger partial charge in [-0.2, -0.15) is 0 Å². The predicted molar refractivity (Wildman–Crippen MR) is 75.2 cm³/mol. The highest BCUT2D eigenvalue weighted by molar-refractivity contribution is 8.01. The van der Waals surface area contributed by atoms with Gasteiger partial charge in [0.2, 0.25) is 0 Å². The maximum Gasteiger partial charge on any atom is 0.138 e. The van der Waals surface area contributed by atoms with E-state index in [-0.39, 0.29) is 0 Å². The van der Waals surface area contributed by atoms with Crippen molar-refractivity contribution in [3.8, 4) is 5.75 Å². The first kappa shape index (κ1) is 12.3. The Labute approximate surface area is 113 Å². The van der Waals surface area contributed by atoms with Crippen molar-refractivity contribution in [2.24, 2.45) is 0 Å². The van der Waals surface area contributed by atoms with Crippen LogP contribution in [0.2, 0.25) is 0 Å². The van der Waals surface area contributed by atoms with Gasteiger partial charge >= 0.3 is 0 Å². The summed E-state index contributed by atoms with van der Waals surface area (Å²) in [5.74, 6) is 2.01. The summed E-state index contributed by atoms with van der Waals surface area (Å²) in [6.45, 7) is 7.00. The lowest BCUT2D eigenvalue weighted by atomic mass is 9.92. The van der Waals surface area contributed by atoms with Crippen LogP contribution in [0.1, 0.15) is 20.3 Å². The molecule has 18 heavy (non-hydrogen) atoms. The van der Waals surface area contributed by atoms with E-state index in [9.17, 15) is 0 Å². The molecule has 2 aliphatic heterocycles. The maximum absolute atomic E-state index is 6.00. The fraction of sp³-hybridized carbons (Fsp3) is 0.643. The number of hydrogen-bond acceptors (Lipinski definition) is 4. The van der Waals surface area contributed by atoms with Crippen LogP contribution in [0.4, 0.5) is 0 Å². The van der Waals surface area contributed by atoms with Crippen LogP contribution in [0.3, 0.4) is 0 Å². The monoisotopic (exact) mass is 264 g/mol. The largest absolute Gasteiger partial charge is 0.488 e. The highest BCUT2D eigenvalue weighted by Gasteiger charge is 2.50. The van der Waals surface area contributed by atoms with Gasteiger partial charge in [0.1, 0.15) is 11.9 Å². The molecular formula is C14H20N2OS. The number of rotatable bonds is 3. The molecule has 1 aromatic heterocycles. The third-order valence-corrected chi connectivity index (χ3v) is 5.40. The second-order valence-electron chi connectivity index (χ2n) is 5.63. The Bertz CT molecular complexity index is 404. The molecule has 2 aliphatic rings. The molecule has 3 nitrogen and oxygen atoms in total. The second kappa shape index (κ2) is 4.74. The van der Waals surface area contributed by atoms with Crippen LogP contribution in [0, 0.1) is 0 Å². The van der Waals surface area contributed by atoms with E-state index in [2.05, 4.69) is 35.5 Å². The van der Waals surface area contributed by atoms with Crippen molar-refractivity contribution in [1.82, 2.24) is 9.88 Å². The van der Waals surface area contributed by atoms with E-state index < -0.39 is 0 Å². The van der Waals surface area contributed by atoms with Crippen LogP contribution in [0.15, 0.2) is 24.5 Å². The Balaban J connectivity index is 1.54. The number of hydrogen-bond donors (Lipinski definition) is 0. The molecule has 1 atom stereocenters. The van der Waals surface area contributed by atoms with Crippen LogP contribution in [-0.4, -0.2) is 45.6 Å². The molecule has 0 aromatic carbocycles. The van der Waals surface area contributed by atoms with E-state index in [4.69, 9.17) is 4.74 Å². The third-order valence-electron chi connectivity index (χ3n) is 3.83. The Morgan fingerprint density at radius 2 is 2.33 bits per heavy atom. The molecule has 3 heterocycles. The summed E-state index contributed by atoms with van der Waals surface area (Å²) >= 11 is 2.09. The molecule has 3 rings (SSSR count). The van der Waals surface area contributed by atoms with E-state index in [0.717, 1.165) is 11.5 Å². The zero-order chi connectivity index (χ0) is 12.6. The molecule has 2 saturated heterocycles. The van der Waals surface area contributed by atoms with Gasteiger partial charge in [-0.25, -0.2) is 0 Å². The minimum atomic E-state index is 0.355. The SMILES string of the molecule is CC(C)N1CC2(C[C@H](Oc3cccnc3)CS2)C1. The van der Waals surface area contributed by atoms with Gasteiger partial charge in [-0.1, -0.05) is 0 Å². The topological polar surface area (TPSA) is 25.4 Å². The van der Waals surface area contributed by atoms with E-state index in [1.807, 2.05) is 12.1 Å². The molecule has 2 fully saturated rings. The minimum absolute atomic E-state index is 0.355. The van der Waals surface area contributed by atoms with E-state index in [1.54, 1.807) is 12.4 Å². The minimum Gasteiger partial charge on any atom is -0.488 e. The van der Waals surface area contributed by atoms with Gasteiger partial charge in [0.15, 0.2) is 0 Å². The van der Waals surface area contributed by atoms with Gasteiger partial charge in [0, 0.05) is 42.2 Å². The van der Waals surface area contributed by atoms with Crippen LogP contribution < -0.4 is 4.74 Å². The third kappa shape index (κ3) is 2.36. The van der Waals surface area contributed by atoms with Crippen LogP contribution in [0.5, 0.6) is 5.75 Å². The van der Waals surface area contributed by atoms with Crippen molar-refractivity contribution >= 4 is 11.8 Å². The van der Waals surface area contributed by atoms with Gasteiger partial charge in [-0.3, -0.25) is 9.88 Å². The van der Waals surface area contributed by atoms with Crippen LogP contribution >= 0.6 is 11.8 Å². The molecule has 98 valence electrons. The lowest BCUT2D eigenvalue weighted by Gasteiger charge is -2.49. The quantitative estimate of drug-likeness (QED) is 0.837. The molecule has 4 heteroatoms. The average Bonchev–Trinajstić information content (AvgIpc) is 2.72. The molecule has 1 aromatic rings. The molecular weight excluding hydrogens is 244 g/mol. The first-order valence-electron chi connectivity index (χ1n) is 6.62. The summed E-state index contributed by atoms with van der Waals surface area (Å²) in [5, 5.41) is 0. The van der Waals surface area contributed by atoms with E-state index >= 15 is 0 Å². The fourth-order valence-corrected chi connectivity index (χ4v) is 4.31. The van der Waals surface area contributed by atoms with Crippen molar-refractivity contribution in [3.05, 3.63) is 24.5 Å². The number of thioether (sulfide) groups is 1. The van der Waals surface area contributed by atoms with Crippen molar-refractivity contribution in [3.63, 3.8) is 0 Å². The Kier molecular flexibility index (Phi) is 3.24. The summed E-state index contributed by atoms with van der Waals surface area (Å²) in [6, 6.07) is 4.59. The number of aromatic nitrogens is 1. The number of pyridine rings is 1. The molecule has 0 saturated carbocycles. The fourth-order valence-electron chi connectivity index (χ4n) is 2.77. The molecule has 1 spiro atoms. The highest BCUT2D eigenvalue weighted by atomic mass is 32.2. The van der Waals surface area contributed by atoms with Gasteiger partial charge in [-0.15, -0.1) is 11.8 Å². The van der Waals surface area contributed by atoms with Crippen LogP contribution in [-0.2, 0) is 0 Å². The smallest absolute Gasteiger partial charge is 0.138 e. The molecule has 0 radical (unpaired) electrons. The summed E-state index contributed by atoms with van der Waals surface area (Å²) in [7, 11) is 0. The second-order valence-corrected chi connectivity index (χ2v) is 7.11. The molecule has 0 bridgehead atoms.